The zero-order chi connectivity index (χ0) is 22.2. The maximum Gasteiger partial charge on any atom is 0.341 e. The zero-order valence-corrected chi connectivity index (χ0v) is 19.3. The highest BCUT2D eigenvalue weighted by Gasteiger charge is 2.42. The van der Waals surface area contributed by atoms with E-state index in [9.17, 15) is 9.35 Å². The van der Waals surface area contributed by atoms with Crippen LogP contribution in [0.3, 0.4) is 0 Å². The smallest absolute Gasteiger partial charge is 0.341 e. The van der Waals surface area contributed by atoms with Crippen LogP contribution in [-0.4, -0.2) is 81.5 Å². The van der Waals surface area contributed by atoms with Crippen molar-refractivity contribution in [3.05, 3.63) is 23.7 Å². The number of rotatable bonds is 6. The molecule has 2 aromatic heterocycles. The molecule has 2 fully saturated rings. The third kappa shape index (κ3) is 4.04. The second kappa shape index (κ2) is 8.87. The molecule has 1 N–H and O–H groups in total. The molecule has 3 aliphatic rings. The molecule has 0 aliphatic carbocycles. The van der Waals surface area contributed by atoms with Gasteiger partial charge in [-0.15, -0.1) is 0 Å². The van der Waals surface area contributed by atoms with Crippen LogP contribution in [0, 0.1) is 0 Å². The molecule has 11 heteroatoms. The van der Waals surface area contributed by atoms with Gasteiger partial charge in [-0.2, -0.15) is 14.6 Å². The van der Waals surface area contributed by atoms with Crippen molar-refractivity contribution >= 4 is 28.9 Å². The van der Waals surface area contributed by atoms with E-state index >= 15 is 0 Å². The van der Waals surface area contributed by atoms with Gasteiger partial charge in [-0.05, 0) is 19.8 Å². The number of aryl methyl sites for hydroxylation is 2. The van der Waals surface area contributed by atoms with Crippen LogP contribution in [0.1, 0.15) is 35.8 Å². The van der Waals surface area contributed by atoms with E-state index in [1.54, 1.807) is 10.9 Å². The summed E-state index contributed by atoms with van der Waals surface area (Å²) in [6.07, 6.45) is 5.68. The van der Waals surface area contributed by atoms with Crippen molar-refractivity contribution in [2.24, 2.45) is 0 Å². The molecular formula is C21H29N6O4S+. The topological polar surface area (TPSA) is 106 Å². The summed E-state index contributed by atoms with van der Waals surface area (Å²) in [5, 5.41) is 4.13. The summed E-state index contributed by atoms with van der Waals surface area (Å²) in [7, 11) is 2.05. The van der Waals surface area contributed by atoms with Gasteiger partial charge >= 0.3 is 5.97 Å². The van der Waals surface area contributed by atoms with Gasteiger partial charge in [0, 0.05) is 45.5 Å². The number of carbonyl (C=O) groups is 1. The number of nitrogens with zero attached hydrogens (tertiary/aromatic N) is 6. The second-order valence-electron chi connectivity index (χ2n) is 8.41. The number of ether oxygens (including phenoxy) is 2. The summed E-state index contributed by atoms with van der Waals surface area (Å²) in [4.78, 5) is 27.1. The minimum absolute atomic E-state index is 0.200. The van der Waals surface area contributed by atoms with Gasteiger partial charge in [0.05, 0.1) is 24.8 Å². The highest BCUT2D eigenvalue weighted by molar-refractivity contribution is 7.92. The van der Waals surface area contributed by atoms with Gasteiger partial charge in [0.25, 0.3) is 4.90 Å². The van der Waals surface area contributed by atoms with Crippen LogP contribution in [0.2, 0.25) is 0 Å². The predicted molar refractivity (Wildman–Crippen MR) is 120 cm³/mol. The molecule has 0 saturated carbocycles. The number of anilines is 2. The van der Waals surface area contributed by atoms with Gasteiger partial charge in [0.2, 0.25) is 5.95 Å². The second-order valence-corrected chi connectivity index (χ2v) is 9.96. The van der Waals surface area contributed by atoms with E-state index in [0.29, 0.717) is 42.9 Å². The molecule has 0 spiro atoms. The minimum atomic E-state index is -0.818. The Morgan fingerprint density at radius 2 is 2.12 bits per heavy atom. The average Bonchev–Trinajstić information content (AvgIpc) is 3.42. The lowest BCUT2D eigenvalue weighted by atomic mass is 10.1. The highest BCUT2D eigenvalue weighted by atomic mass is 32.2. The summed E-state index contributed by atoms with van der Waals surface area (Å²) in [5.41, 5.74) is 1.40. The first-order valence-electron chi connectivity index (χ1n) is 11.1. The van der Waals surface area contributed by atoms with E-state index in [4.69, 9.17) is 19.4 Å². The quantitative estimate of drug-likeness (QED) is 0.504. The maximum absolute atomic E-state index is 12.4. The molecule has 32 heavy (non-hydrogen) atoms. The first-order chi connectivity index (χ1) is 15.5. The Balaban J connectivity index is 1.29. The van der Waals surface area contributed by atoms with E-state index in [2.05, 4.69) is 17.0 Å². The number of fused-ring (bicyclic) bond motifs is 1. The van der Waals surface area contributed by atoms with Gasteiger partial charge in [-0.1, -0.05) is 0 Å². The van der Waals surface area contributed by atoms with Crippen molar-refractivity contribution in [3.8, 4) is 0 Å². The molecular weight excluding hydrogens is 432 g/mol. The number of aromatic nitrogens is 4. The highest BCUT2D eigenvalue weighted by Crippen LogP contribution is 2.36. The Morgan fingerprint density at radius 3 is 2.84 bits per heavy atom. The van der Waals surface area contributed by atoms with Gasteiger partial charge in [0.1, 0.15) is 11.8 Å². The first kappa shape index (κ1) is 21.5. The van der Waals surface area contributed by atoms with Crippen molar-refractivity contribution in [2.45, 2.75) is 49.8 Å². The lowest BCUT2D eigenvalue weighted by Gasteiger charge is -2.39. The van der Waals surface area contributed by atoms with E-state index in [-0.39, 0.29) is 12.1 Å². The Kier molecular flexibility index (Phi) is 5.95. The summed E-state index contributed by atoms with van der Waals surface area (Å²) < 4.78 is 23.4. The Labute approximate surface area is 190 Å². The largest absolute Gasteiger partial charge is 0.455 e. The average molecular weight is 462 g/mol. The molecule has 0 bridgehead atoms. The molecule has 3 aliphatic heterocycles. The standard InChI is InChI=1S/C21H29N6O4S/c1-3-27-11-14(10-22-27)20(28)31-16-12-26(13-16)21-23-17-6-9-32(29)18(17)19(24-21)25(2)15-4-7-30-8-5-15/h10-11,15-16,29H,3-9,12-13H2,1-2H3/q+1. The third-order valence-electron chi connectivity index (χ3n) is 6.34. The van der Waals surface area contributed by atoms with Crippen LogP contribution in [0.4, 0.5) is 11.8 Å². The summed E-state index contributed by atoms with van der Waals surface area (Å²) in [5.74, 6) is 1.82. The number of hydrogen-bond acceptors (Lipinski definition) is 9. The first-order valence-corrected chi connectivity index (χ1v) is 12.5. The number of carbonyl (C=O) groups excluding carboxylic acids is 1. The van der Waals surface area contributed by atoms with Crippen molar-refractivity contribution in [1.29, 1.82) is 0 Å². The lowest BCUT2D eigenvalue weighted by Crippen LogP contribution is -2.54. The normalized spacial score (nSPS) is 21.3. The molecule has 172 valence electrons. The molecule has 5 heterocycles. The summed E-state index contributed by atoms with van der Waals surface area (Å²) in [6, 6.07) is 0.335. The fourth-order valence-electron chi connectivity index (χ4n) is 4.34. The van der Waals surface area contributed by atoms with Crippen LogP contribution < -0.4 is 9.80 Å². The maximum atomic E-state index is 12.4. The van der Waals surface area contributed by atoms with E-state index < -0.39 is 11.2 Å². The van der Waals surface area contributed by atoms with Crippen LogP contribution in [-0.2, 0) is 33.6 Å². The minimum Gasteiger partial charge on any atom is -0.455 e. The lowest BCUT2D eigenvalue weighted by molar-refractivity contribution is 0.0231. The zero-order valence-electron chi connectivity index (χ0n) is 18.4. The van der Waals surface area contributed by atoms with Crippen LogP contribution in [0.25, 0.3) is 0 Å². The van der Waals surface area contributed by atoms with Crippen LogP contribution in [0.15, 0.2) is 17.3 Å². The van der Waals surface area contributed by atoms with Crippen molar-refractivity contribution in [2.75, 3.05) is 48.9 Å². The molecule has 2 aromatic rings. The van der Waals surface area contributed by atoms with Crippen molar-refractivity contribution in [1.82, 2.24) is 19.7 Å². The van der Waals surface area contributed by atoms with Crippen LogP contribution >= 0.6 is 0 Å². The number of hydrogen-bond donors (Lipinski definition) is 1. The SMILES string of the molecule is CCn1cc(C(=O)OC2CN(c3nc4c(c(N(C)C5CCOCC5)n3)[S+](O)CC4)C2)cn1. The fraction of sp³-hybridized carbons (Fsp3) is 0.619. The Bertz CT molecular complexity index is 989. The predicted octanol–water partition coefficient (Wildman–Crippen LogP) is 1.36. The van der Waals surface area contributed by atoms with Gasteiger partial charge in [-0.25, -0.2) is 9.78 Å². The van der Waals surface area contributed by atoms with Crippen molar-refractivity contribution < 1.29 is 18.8 Å². The molecule has 1 unspecified atom stereocenters. The monoisotopic (exact) mass is 461 g/mol. The van der Waals surface area contributed by atoms with Gasteiger partial charge in [-0.3, -0.25) is 4.68 Å². The van der Waals surface area contributed by atoms with Gasteiger partial charge < -0.3 is 19.3 Å². The van der Waals surface area contributed by atoms with E-state index in [1.807, 2.05) is 11.8 Å². The van der Waals surface area contributed by atoms with Crippen molar-refractivity contribution in [3.63, 3.8) is 0 Å². The molecule has 0 radical (unpaired) electrons. The third-order valence-corrected chi connectivity index (χ3v) is 7.82. The molecule has 0 amide bonds. The number of esters is 1. The summed E-state index contributed by atoms with van der Waals surface area (Å²) in [6.45, 7) is 5.28. The molecule has 10 nitrogen and oxygen atoms in total. The molecule has 2 saturated heterocycles. The molecule has 0 aromatic carbocycles. The fourth-order valence-corrected chi connectivity index (χ4v) is 5.75. The van der Waals surface area contributed by atoms with Gasteiger partial charge in [0.15, 0.2) is 22.7 Å². The van der Waals surface area contributed by atoms with Crippen LogP contribution in [0.5, 0.6) is 0 Å². The molecule has 1 atom stereocenters. The van der Waals surface area contributed by atoms with E-state index in [1.165, 1.54) is 6.20 Å². The molecule has 5 rings (SSSR count). The van der Waals surface area contributed by atoms with E-state index in [0.717, 1.165) is 48.9 Å². The Morgan fingerprint density at radius 1 is 1.34 bits per heavy atom. The summed E-state index contributed by atoms with van der Waals surface area (Å²) >= 11 is -0.818. The Hall–Kier alpha value is -2.37.